The summed E-state index contributed by atoms with van der Waals surface area (Å²) in [5.74, 6) is -0.969. The zero-order valence-electron chi connectivity index (χ0n) is 12.4. The molecule has 0 aliphatic carbocycles. The first kappa shape index (κ1) is 14.9. The number of nitrogens with zero attached hydrogens (tertiary/aromatic N) is 3. The number of aromatic nitrogens is 3. The van der Waals surface area contributed by atoms with Crippen molar-refractivity contribution in [3.05, 3.63) is 66.8 Å². The van der Waals surface area contributed by atoms with Gasteiger partial charge < -0.3 is 9.30 Å². The van der Waals surface area contributed by atoms with Crippen LogP contribution < -0.4 is 0 Å². The molecule has 0 radical (unpaired) electrons. The molecular weight excluding hydrogens is 297 g/mol. The summed E-state index contributed by atoms with van der Waals surface area (Å²) in [5, 5.41) is 0. The van der Waals surface area contributed by atoms with Crippen molar-refractivity contribution in [2.45, 2.75) is 6.92 Å². The van der Waals surface area contributed by atoms with Crippen LogP contribution in [0.15, 0.2) is 55.1 Å². The fourth-order valence-corrected chi connectivity index (χ4v) is 2.17. The van der Waals surface area contributed by atoms with E-state index >= 15 is 0 Å². The van der Waals surface area contributed by atoms with Crippen molar-refractivity contribution < 1.29 is 13.9 Å². The lowest BCUT2D eigenvalue weighted by Crippen LogP contribution is -2.04. The van der Waals surface area contributed by atoms with Crippen LogP contribution in [0.5, 0.6) is 0 Å². The van der Waals surface area contributed by atoms with E-state index in [4.69, 9.17) is 4.74 Å². The Hall–Kier alpha value is -3.02. The fraction of sp³-hybridized carbons (Fsp3) is 0.118. The van der Waals surface area contributed by atoms with E-state index in [1.54, 1.807) is 30.1 Å². The highest BCUT2D eigenvalue weighted by Crippen LogP contribution is 2.21. The minimum atomic E-state index is -0.515. The number of esters is 1. The highest BCUT2D eigenvalue weighted by Gasteiger charge is 2.11. The Balaban J connectivity index is 1.91. The number of carbonyl (C=O) groups is 1. The van der Waals surface area contributed by atoms with E-state index < -0.39 is 11.9 Å². The first-order valence-electron chi connectivity index (χ1n) is 7.11. The van der Waals surface area contributed by atoms with Gasteiger partial charge in [-0.25, -0.2) is 14.8 Å². The molecule has 0 aliphatic heterocycles. The number of imidazole rings is 1. The summed E-state index contributed by atoms with van der Waals surface area (Å²) >= 11 is 0. The van der Waals surface area contributed by atoms with Crippen LogP contribution in [0, 0.1) is 5.95 Å². The zero-order chi connectivity index (χ0) is 16.2. The molecule has 3 rings (SSSR count). The molecule has 2 heterocycles. The average Bonchev–Trinajstić information content (AvgIpc) is 3.06. The Morgan fingerprint density at radius 1 is 1.22 bits per heavy atom. The summed E-state index contributed by atoms with van der Waals surface area (Å²) in [4.78, 5) is 19.4. The molecule has 0 fully saturated rings. The van der Waals surface area contributed by atoms with E-state index in [-0.39, 0.29) is 5.69 Å². The molecule has 6 heteroatoms. The van der Waals surface area contributed by atoms with Gasteiger partial charge in [-0.2, -0.15) is 4.39 Å². The van der Waals surface area contributed by atoms with E-state index in [0.717, 1.165) is 16.8 Å². The molecule has 0 aliphatic rings. The number of carbonyl (C=O) groups excluding carboxylic acids is 1. The maximum Gasteiger partial charge on any atom is 0.358 e. The van der Waals surface area contributed by atoms with Gasteiger partial charge in [0.1, 0.15) is 6.33 Å². The monoisotopic (exact) mass is 311 g/mol. The van der Waals surface area contributed by atoms with Gasteiger partial charge in [-0.05, 0) is 36.8 Å². The van der Waals surface area contributed by atoms with E-state index in [9.17, 15) is 9.18 Å². The van der Waals surface area contributed by atoms with Gasteiger partial charge in [-0.1, -0.05) is 12.1 Å². The van der Waals surface area contributed by atoms with E-state index in [1.165, 1.54) is 12.3 Å². The Bertz CT molecular complexity index is 828. The normalized spacial score (nSPS) is 10.5. The number of benzene rings is 1. The number of hydrogen-bond acceptors (Lipinski definition) is 4. The van der Waals surface area contributed by atoms with Crippen LogP contribution in [-0.2, 0) is 4.74 Å². The molecule has 5 nitrogen and oxygen atoms in total. The molecule has 0 saturated heterocycles. The van der Waals surface area contributed by atoms with Crippen LogP contribution in [0.2, 0.25) is 0 Å². The highest BCUT2D eigenvalue weighted by molar-refractivity contribution is 5.87. The van der Waals surface area contributed by atoms with Crippen molar-refractivity contribution in [2.24, 2.45) is 0 Å². The second-order valence-corrected chi connectivity index (χ2v) is 4.81. The molecule has 0 amide bonds. The quantitative estimate of drug-likeness (QED) is 0.548. The summed E-state index contributed by atoms with van der Waals surface area (Å²) in [6, 6.07) is 10.6. The number of rotatable bonds is 4. The third-order valence-corrected chi connectivity index (χ3v) is 3.27. The van der Waals surface area contributed by atoms with Crippen molar-refractivity contribution in [3.63, 3.8) is 0 Å². The SMILES string of the molecule is CCOC(=O)c1cn(-c2cccc(-c3ccc(F)nc3)c2)cn1. The second-order valence-electron chi connectivity index (χ2n) is 4.81. The molecule has 0 saturated carbocycles. The average molecular weight is 311 g/mol. The Labute approximate surface area is 132 Å². The topological polar surface area (TPSA) is 57.0 Å². The summed E-state index contributed by atoms with van der Waals surface area (Å²) in [6.07, 6.45) is 4.64. The number of pyridine rings is 1. The van der Waals surface area contributed by atoms with Crippen molar-refractivity contribution in [1.29, 1.82) is 0 Å². The number of hydrogen-bond donors (Lipinski definition) is 0. The zero-order valence-corrected chi connectivity index (χ0v) is 12.4. The van der Waals surface area contributed by atoms with Crippen LogP contribution in [-0.4, -0.2) is 27.1 Å². The van der Waals surface area contributed by atoms with Gasteiger partial charge in [0.2, 0.25) is 5.95 Å². The Morgan fingerprint density at radius 3 is 2.83 bits per heavy atom. The first-order valence-corrected chi connectivity index (χ1v) is 7.11. The number of halogens is 1. The highest BCUT2D eigenvalue weighted by atomic mass is 19.1. The largest absolute Gasteiger partial charge is 0.461 e. The number of ether oxygens (including phenoxy) is 1. The van der Waals surface area contributed by atoms with Gasteiger partial charge in [0, 0.05) is 23.6 Å². The predicted molar refractivity (Wildman–Crippen MR) is 82.7 cm³/mol. The fourth-order valence-electron chi connectivity index (χ4n) is 2.17. The molecule has 0 unspecified atom stereocenters. The molecule has 23 heavy (non-hydrogen) atoms. The van der Waals surface area contributed by atoms with Gasteiger partial charge >= 0.3 is 5.97 Å². The van der Waals surface area contributed by atoms with Crippen molar-refractivity contribution in [2.75, 3.05) is 6.61 Å². The van der Waals surface area contributed by atoms with Crippen molar-refractivity contribution >= 4 is 5.97 Å². The van der Waals surface area contributed by atoms with Gasteiger partial charge in [0.25, 0.3) is 0 Å². The van der Waals surface area contributed by atoms with Crippen LogP contribution in [0.4, 0.5) is 4.39 Å². The van der Waals surface area contributed by atoms with Crippen molar-refractivity contribution in [1.82, 2.24) is 14.5 Å². The minimum absolute atomic E-state index is 0.251. The van der Waals surface area contributed by atoms with Crippen LogP contribution in [0.25, 0.3) is 16.8 Å². The summed E-state index contributed by atoms with van der Waals surface area (Å²) < 4.78 is 19.6. The summed E-state index contributed by atoms with van der Waals surface area (Å²) in [5.41, 5.74) is 2.77. The van der Waals surface area contributed by atoms with Crippen LogP contribution in [0.3, 0.4) is 0 Å². The molecule has 0 spiro atoms. The first-order chi connectivity index (χ1) is 11.2. The summed E-state index contributed by atoms with van der Waals surface area (Å²) in [6.45, 7) is 2.05. The summed E-state index contributed by atoms with van der Waals surface area (Å²) in [7, 11) is 0. The third kappa shape index (κ3) is 3.26. The minimum Gasteiger partial charge on any atom is -0.461 e. The molecule has 3 aromatic rings. The smallest absolute Gasteiger partial charge is 0.358 e. The van der Waals surface area contributed by atoms with Gasteiger partial charge in [0.15, 0.2) is 5.69 Å². The van der Waals surface area contributed by atoms with Crippen molar-refractivity contribution in [3.8, 4) is 16.8 Å². The molecule has 0 N–H and O–H groups in total. The maximum atomic E-state index is 12.9. The molecule has 0 bridgehead atoms. The molecular formula is C17H14FN3O2. The Kier molecular flexibility index (Phi) is 4.14. The molecule has 1 aromatic carbocycles. The van der Waals surface area contributed by atoms with Crippen LogP contribution >= 0.6 is 0 Å². The standard InChI is InChI=1S/C17H14FN3O2/c1-2-23-17(22)15-10-21(11-20-15)14-5-3-4-12(8-14)13-6-7-16(18)19-9-13/h3-11H,2H2,1H3. The third-order valence-electron chi connectivity index (χ3n) is 3.27. The molecule has 2 aromatic heterocycles. The lowest BCUT2D eigenvalue weighted by atomic mass is 10.1. The van der Waals surface area contributed by atoms with Gasteiger partial charge in [-0.3, -0.25) is 0 Å². The predicted octanol–water partition coefficient (Wildman–Crippen LogP) is 3.25. The lowest BCUT2D eigenvalue weighted by Gasteiger charge is -2.06. The Morgan fingerprint density at radius 2 is 2.09 bits per heavy atom. The second kappa shape index (κ2) is 6.39. The van der Waals surface area contributed by atoms with E-state index in [1.807, 2.05) is 24.3 Å². The van der Waals surface area contributed by atoms with Gasteiger partial charge in [-0.15, -0.1) is 0 Å². The molecule has 0 atom stereocenters. The maximum absolute atomic E-state index is 12.9. The molecule has 116 valence electrons. The van der Waals surface area contributed by atoms with E-state index in [2.05, 4.69) is 9.97 Å². The van der Waals surface area contributed by atoms with Gasteiger partial charge in [0.05, 0.1) is 6.61 Å². The van der Waals surface area contributed by atoms with Crippen LogP contribution in [0.1, 0.15) is 17.4 Å². The van der Waals surface area contributed by atoms with E-state index in [0.29, 0.717) is 6.61 Å². The lowest BCUT2D eigenvalue weighted by molar-refractivity contribution is 0.0520.